The van der Waals surface area contributed by atoms with E-state index in [1.807, 2.05) is 11.8 Å². The van der Waals surface area contributed by atoms with Gasteiger partial charge in [0, 0.05) is 39.2 Å². The van der Waals surface area contributed by atoms with Gasteiger partial charge in [-0.25, -0.2) is 0 Å². The van der Waals surface area contributed by atoms with E-state index in [9.17, 15) is 4.79 Å². The summed E-state index contributed by atoms with van der Waals surface area (Å²) in [5.74, 6) is 0.198. The molecule has 6 heteroatoms. The number of nitrogens with two attached hydrogens (primary N) is 1. The maximum Gasteiger partial charge on any atom is 0.236 e. The number of rotatable bonds is 10. The van der Waals surface area contributed by atoms with Crippen molar-refractivity contribution >= 4 is 23.1 Å². The van der Waals surface area contributed by atoms with Crippen LogP contribution in [0.3, 0.4) is 0 Å². The molecule has 0 aromatic heterocycles. The Bertz CT molecular complexity index is 308. The standard InChI is InChI=1S/C13H25N3O2S/c1-3-16(11-4-5-11)13(17)10-15(8-9-18-2)7-6-12(14)19/h11H,3-10H2,1-2H3,(H2,14,19). The molecule has 2 N–H and O–H groups in total. The van der Waals surface area contributed by atoms with Gasteiger partial charge in [-0.3, -0.25) is 9.69 Å². The van der Waals surface area contributed by atoms with Gasteiger partial charge in [0.25, 0.3) is 0 Å². The lowest BCUT2D eigenvalue weighted by Gasteiger charge is -2.26. The number of ether oxygens (including phenoxy) is 1. The summed E-state index contributed by atoms with van der Waals surface area (Å²) >= 11 is 4.89. The molecule has 1 rings (SSSR count). The van der Waals surface area contributed by atoms with Crippen LogP contribution in [0.15, 0.2) is 0 Å². The van der Waals surface area contributed by atoms with Crippen LogP contribution in [-0.4, -0.2) is 66.6 Å². The third-order valence-electron chi connectivity index (χ3n) is 3.29. The normalized spacial score (nSPS) is 14.7. The van der Waals surface area contributed by atoms with E-state index in [2.05, 4.69) is 4.90 Å². The van der Waals surface area contributed by atoms with Crippen LogP contribution in [0.1, 0.15) is 26.2 Å². The third kappa shape index (κ3) is 6.31. The van der Waals surface area contributed by atoms with Crippen LogP contribution >= 0.6 is 12.2 Å². The monoisotopic (exact) mass is 287 g/mol. The summed E-state index contributed by atoms with van der Waals surface area (Å²) in [5, 5.41) is 0. The Morgan fingerprint density at radius 2 is 2.11 bits per heavy atom. The van der Waals surface area contributed by atoms with Crippen LogP contribution in [0.5, 0.6) is 0 Å². The highest BCUT2D eigenvalue weighted by Gasteiger charge is 2.31. The molecule has 0 atom stereocenters. The summed E-state index contributed by atoms with van der Waals surface area (Å²) in [5.41, 5.74) is 5.52. The molecule has 0 aromatic rings. The van der Waals surface area contributed by atoms with Crippen molar-refractivity contribution in [3.8, 4) is 0 Å². The van der Waals surface area contributed by atoms with Crippen molar-refractivity contribution < 1.29 is 9.53 Å². The quantitative estimate of drug-likeness (QED) is 0.597. The maximum atomic E-state index is 12.3. The SMILES string of the molecule is CCN(C(=O)CN(CCOC)CCC(N)=S)C1CC1. The summed E-state index contributed by atoms with van der Waals surface area (Å²) in [6.45, 7) is 5.30. The number of likely N-dealkylation sites (N-methyl/N-ethyl adjacent to an activating group) is 1. The van der Waals surface area contributed by atoms with E-state index >= 15 is 0 Å². The van der Waals surface area contributed by atoms with Crippen LogP contribution in [0, 0.1) is 0 Å². The molecule has 0 radical (unpaired) electrons. The average Bonchev–Trinajstić information content (AvgIpc) is 3.18. The van der Waals surface area contributed by atoms with E-state index in [0.717, 1.165) is 25.9 Å². The van der Waals surface area contributed by atoms with E-state index < -0.39 is 0 Å². The number of hydrogen-bond donors (Lipinski definition) is 1. The highest BCUT2D eigenvalue weighted by molar-refractivity contribution is 7.80. The Hall–Kier alpha value is -0.720. The van der Waals surface area contributed by atoms with Crippen LogP contribution in [0.2, 0.25) is 0 Å². The molecule has 1 aliphatic carbocycles. The van der Waals surface area contributed by atoms with Crippen molar-refractivity contribution in [1.29, 1.82) is 0 Å². The zero-order valence-electron chi connectivity index (χ0n) is 11.9. The van der Waals surface area contributed by atoms with Crippen molar-refractivity contribution in [2.24, 2.45) is 5.73 Å². The van der Waals surface area contributed by atoms with E-state index in [1.165, 1.54) is 0 Å². The smallest absolute Gasteiger partial charge is 0.236 e. The molecule has 5 nitrogen and oxygen atoms in total. The van der Waals surface area contributed by atoms with Gasteiger partial charge in [0.1, 0.15) is 0 Å². The molecule has 0 unspecified atom stereocenters. The van der Waals surface area contributed by atoms with E-state index in [0.29, 0.717) is 37.1 Å². The second-order valence-corrected chi connectivity index (χ2v) is 5.42. The number of amides is 1. The molecule has 1 saturated carbocycles. The molecule has 1 amide bonds. The minimum Gasteiger partial charge on any atom is -0.393 e. The Kier molecular flexibility index (Phi) is 7.27. The van der Waals surface area contributed by atoms with Crippen molar-refractivity contribution in [2.75, 3.05) is 39.9 Å². The second-order valence-electron chi connectivity index (χ2n) is 4.90. The van der Waals surface area contributed by atoms with Gasteiger partial charge >= 0.3 is 0 Å². The minimum atomic E-state index is 0.198. The van der Waals surface area contributed by atoms with Gasteiger partial charge in [0.15, 0.2) is 0 Å². The summed E-state index contributed by atoms with van der Waals surface area (Å²) < 4.78 is 5.08. The lowest BCUT2D eigenvalue weighted by atomic mass is 10.3. The van der Waals surface area contributed by atoms with E-state index in [-0.39, 0.29) is 5.91 Å². The topological polar surface area (TPSA) is 58.8 Å². The van der Waals surface area contributed by atoms with E-state index in [4.69, 9.17) is 22.7 Å². The molecule has 110 valence electrons. The van der Waals surface area contributed by atoms with Crippen molar-refractivity contribution in [1.82, 2.24) is 9.80 Å². The Morgan fingerprint density at radius 1 is 1.42 bits per heavy atom. The van der Waals surface area contributed by atoms with E-state index in [1.54, 1.807) is 7.11 Å². The van der Waals surface area contributed by atoms with Gasteiger partial charge in [0.2, 0.25) is 5.91 Å². The molecular formula is C13H25N3O2S. The first-order chi connectivity index (χ1) is 9.08. The van der Waals surface area contributed by atoms with Crippen molar-refractivity contribution in [3.63, 3.8) is 0 Å². The molecule has 0 spiro atoms. The highest BCUT2D eigenvalue weighted by Crippen LogP contribution is 2.26. The van der Waals surface area contributed by atoms with Crippen LogP contribution in [0.4, 0.5) is 0 Å². The lowest BCUT2D eigenvalue weighted by Crippen LogP contribution is -2.43. The van der Waals surface area contributed by atoms with Gasteiger partial charge < -0.3 is 15.4 Å². The Morgan fingerprint density at radius 3 is 2.58 bits per heavy atom. The molecule has 1 aliphatic rings. The molecule has 1 fully saturated rings. The first kappa shape index (κ1) is 16.3. The molecular weight excluding hydrogens is 262 g/mol. The fourth-order valence-electron chi connectivity index (χ4n) is 2.07. The van der Waals surface area contributed by atoms with Crippen LogP contribution in [0.25, 0.3) is 0 Å². The van der Waals surface area contributed by atoms with Crippen LogP contribution < -0.4 is 5.73 Å². The molecule has 0 bridgehead atoms. The fourth-order valence-corrected chi connectivity index (χ4v) is 2.16. The largest absolute Gasteiger partial charge is 0.393 e. The molecule has 19 heavy (non-hydrogen) atoms. The van der Waals surface area contributed by atoms with Crippen LogP contribution in [-0.2, 0) is 9.53 Å². The molecule has 0 aromatic carbocycles. The lowest BCUT2D eigenvalue weighted by molar-refractivity contribution is -0.132. The fraction of sp³-hybridized carbons (Fsp3) is 0.846. The number of carbonyl (C=O) groups excluding carboxylic acids is 1. The first-order valence-electron chi connectivity index (χ1n) is 6.87. The van der Waals surface area contributed by atoms with Gasteiger partial charge in [0.05, 0.1) is 18.1 Å². The zero-order valence-corrected chi connectivity index (χ0v) is 12.7. The van der Waals surface area contributed by atoms with Gasteiger partial charge in [-0.1, -0.05) is 12.2 Å². The highest BCUT2D eigenvalue weighted by atomic mass is 32.1. The summed E-state index contributed by atoms with van der Waals surface area (Å²) in [7, 11) is 1.66. The number of methoxy groups -OCH3 is 1. The third-order valence-corrected chi connectivity index (χ3v) is 3.50. The second kappa shape index (κ2) is 8.45. The van der Waals surface area contributed by atoms with Gasteiger partial charge in [-0.05, 0) is 19.8 Å². The Balaban J connectivity index is 2.44. The Labute approximate surface area is 121 Å². The summed E-state index contributed by atoms with van der Waals surface area (Å²) in [6.07, 6.45) is 2.93. The van der Waals surface area contributed by atoms with Crippen molar-refractivity contribution in [2.45, 2.75) is 32.2 Å². The number of carbonyl (C=O) groups is 1. The molecule has 0 aliphatic heterocycles. The number of nitrogens with zero attached hydrogens (tertiary/aromatic N) is 2. The summed E-state index contributed by atoms with van der Waals surface area (Å²) in [4.78, 5) is 16.8. The van der Waals surface area contributed by atoms with Gasteiger partial charge in [-0.2, -0.15) is 0 Å². The predicted octanol–water partition coefficient (Wildman–Crippen LogP) is 0.622. The average molecular weight is 287 g/mol. The summed E-state index contributed by atoms with van der Waals surface area (Å²) in [6, 6.07) is 0.470. The predicted molar refractivity (Wildman–Crippen MR) is 80.1 cm³/mol. The minimum absolute atomic E-state index is 0.198. The number of hydrogen-bond acceptors (Lipinski definition) is 4. The van der Waals surface area contributed by atoms with Crippen molar-refractivity contribution in [3.05, 3.63) is 0 Å². The maximum absolute atomic E-state index is 12.3. The van der Waals surface area contributed by atoms with Gasteiger partial charge in [-0.15, -0.1) is 0 Å². The zero-order chi connectivity index (χ0) is 14.3. The molecule has 0 saturated heterocycles. The first-order valence-corrected chi connectivity index (χ1v) is 7.28. The number of thiocarbonyl (C=S) groups is 1. The molecule has 0 heterocycles.